The number of nitrogens with one attached hydrogen (secondary N) is 1. The van der Waals surface area contributed by atoms with Gasteiger partial charge in [-0.05, 0) is 44.0 Å². The summed E-state index contributed by atoms with van der Waals surface area (Å²) in [5.74, 6) is 0.959. The molecule has 0 aliphatic carbocycles. The first-order valence-corrected chi connectivity index (χ1v) is 7.98. The largest absolute Gasteiger partial charge is 0.492 e. The Kier molecular flexibility index (Phi) is 6.49. The summed E-state index contributed by atoms with van der Waals surface area (Å²) >= 11 is 5.86. The van der Waals surface area contributed by atoms with Gasteiger partial charge < -0.3 is 15.2 Å². The van der Waals surface area contributed by atoms with Crippen LogP contribution in [0.5, 0.6) is 5.75 Å². The molecule has 0 bridgehead atoms. The number of halogens is 1. The maximum atomic E-state index is 11.8. The van der Waals surface area contributed by atoms with Crippen LogP contribution in [0.4, 0.5) is 0 Å². The summed E-state index contributed by atoms with van der Waals surface area (Å²) in [6.07, 6.45) is 0.641. The lowest BCUT2D eigenvalue weighted by Gasteiger charge is -2.17. The molecule has 2 N–H and O–H groups in total. The van der Waals surface area contributed by atoms with Crippen LogP contribution in [0, 0.1) is 5.92 Å². The highest BCUT2D eigenvalue weighted by molar-refractivity contribution is 6.30. The number of nitrogens with zero attached hydrogens (tertiary/aromatic N) is 1. The fourth-order valence-corrected chi connectivity index (χ4v) is 2.76. The topological polar surface area (TPSA) is 61.8 Å². The van der Waals surface area contributed by atoms with Gasteiger partial charge in [0, 0.05) is 11.6 Å². The van der Waals surface area contributed by atoms with Crippen molar-refractivity contribution in [1.29, 1.82) is 0 Å². The van der Waals surface area contributed by atoms with Crippen molar-refractivity contribution in [3.05, 3.63) is 29.3 Å². The van der Waals surface area contributed by atoms with Crippen LogP contribution in [0.25, 0.3) is 0 Å². The first-order chi connectivity index (χ1) is 10.5. The second-order valence-electron chi connectivity index (χ2n) is 5.68. The quantitative estimate of drug-likeness (QED) is 0.746. The molecule has 2 atom stereocenters. The fraction of sp³-hybridized carbons (Fsp3) is 0.562. The summed E-state index contributed by atoms with van der Waals surface area (Å²) in [6, 6.07) is 7.17. The van der Waals surface area contributed by atoms with Gasteiger partial charge in [0.1, 0.15) is 12.4 Å². The maximum absolute atomic E-state index is 11.8. The van der Waals surface area contributed by atoms with Gasteiger partial charge >= 0.3 is 0 Å². The van der Waals surface area contributed by atoms with Crippen molar-refractivity contribution in [2.75, 3.05) is 32.8 Å². The van der Waals surface area contributed by atoms with E-state index in [0.29, 0.717) is 30.5 Å². The van der Waals surface area contributed by atoms with Gasteiger partial charge in [-0.15, -0.1) is 0 Å². The molecule has 1 heterocycles. The molecular weight excluding hydrogens is 304 g/mol. The van der Waals surface area contributed by atoms with Gasteiger partial charge in [-0.25, -0.2) is 0 Å². The number of aliphatic hydroxyl groups is 1. The van der Waals surface area contributed by atoms with E-state index in [1.165, 1.54) is 0 Å². The third kappa shape index (κ3) is 5.48. The first-order valence-electron chi connectivity index (χ1n) is 7.60. The second-order valence-corrected chi connectivity index (χ2v) is 6.12. The van der Waals surface area contributed by atoms with E-state index in [1.807, 2.05) is 12.1 Å². The van der Waals surface area contributed by atoms with E-state index in [4.69, 9.17) is 16.3 Å². The van der Waals surface area contributed by atoms with E-state index in [1.54, 1.807) is 19.1 Å². The summed E-state index contributed by atoms with van der Waals surface area (Å²) in [6.45, 7) is 4.69. The number of carbonyl (C=O) groups excluding carboxylic acids is 1. The highest BCUT2D eigenvalue weighted by atomic mass is 35.5. The minimum Gasteiger partial charge on any atom is -0.492 e. The Morgan fingerprint density at radius 2 is 2.41 bits per heavy atom. The molecule has 1 saturated heterocycles. The van der Waals surface area contributed by atoms with Crippen LogP contribution >= 0.6 is 11.6 Å². The average Bonchev–Trinajstić information content (AvgIpc) is 2.92. The van der Waals surface area contributed by atoms with E-state index < -0.39 is 0 Å². The molecule has 1 aromatic rings. The summed E-state index contributed by atoms with van der Waals surface area (Å²) in [5.41, 5.74) is 0. The molecule has 0 radical (unpaired) electrons. The van der Waals surface area contributed by atoms with Gasteiger partial charge in [-0.1, -0.05) is 17.7 Å². The Morgan fingerprint density at radius 1 is 1.59 bits per heavy atom. The van der Waals surface area contributed by atoms with E-state index in [2.05, 4.69) is 10.2 Å². The lowest BCUT2D eigenvalue weighted by atomic mass is 10.0. The highest BCUT2D eigenvalue weighted by Crippen LogP contribution is 2.19. The number of hydrogen-bond acceptors (Lipinski definition) is 4. The van der Waals surface area contributed by atoms with Crippen molar-refractivity contribution < 1.29 is 14.6 Å². The second kappa shape index (κ2) is 8.36. The number of carbonyl (C=O) groups is 1. The van der Waals surface area contributed by atoms with Crippen LogP contribution < -0.4 is 10.1 Å². The normalized spacial score (nSPS) is 19.9. The van der Waals surface area contributed by atoms with Gasteiger partial charge in [0.15, 0.2) is 0 Å². The molecule has 2 unspecified atom stereocenters. The van der Waals surface area contributed by atoms with Crippen LogP contribution in [0.1, 0.15) is 13.3 Å². The number of rotatable bonds is 7. The molecule has 1 fully saturated rings. The third-order valence-corrected chi connectivity index (χ3v) is 4.08. The minimum atomic E-state index is -0.306. The van der Waals surface area contributed by atoms with Crippen LogP contribution in [0.3, 0.4) is 0 Å². The van der Waals surface area contributed by atoms with Gasteiger partial charge in [-0.3, -0.25) is 9.69 Å². The predicted molar refractivity (Wildman–Crippen MR) is 86.2 cm³/mol. The standard InChI is InChI=1S/C16H23ClN2O3/c1-12(20)13-5-7-19(10-13)11-16(21)18-6-8-22-15-4-2-3-14(17)9-15/h2-4,9,12-13,20H,5-8,10-11H2,1H3,(H,18,21). The molecule has 1 aliphatic rings. The molecule has 2 rings (SSSR count). The number of benzene rings is 1. The summed E-state index contributed by atoms with van der Waals surface area (Å²) < 4.78 is 5.51. The molecule has 22 heavy (non-hydrogen) atoms. The maximum Gasteiger partial charge on any atom is 0.234 e. The Balaban J connectivity index is 1.60. The van der Waals surface area contributed by atoms with Crippen molar-refractivity contribution in [3.63, 3.8) is 0 Å². The van der Waals surface area contributed by atoms with E-state index >= 15 is 0 Å². The van der Waals surface area contributed by atoms with Crippen molar-refractivity contribution in [2.45, 2.75) is 19.4 Å². The predicted octanol–water partition coefficient (Wildman–Crippen LogP) is 1.54. The molecule has 0 spiro atoms. The lowest BCUT2D eigenvalue weighted by molar-refractivity contribution is -0.122. The third-order valence-electron chi connectivity index (χ3n) is 3.85. The Bertz CT molecular complexity index is 496. The van der Waals surface area contributed by atoms with Gasteiger partial charge in [0.25, 0.3) is 0 Å². The molecular formula is C16H23ClN2O3. The smallest absolute Gasteiger partial charge is 0.234 e. The van der Waals surface area contributed by atoms with E-state index in [0.717, 1.165) is 19.5 Å². The Labute approximate surface area is 136 Å². The summed E-state index contributed by atoms with van der Waals surface area (Å²) in [5, 5.41) is 13.0. The zero-order valence-electron chi connectivity index (χ0n) is 12.8. The molecule has 0 saturated carbocycles. The number of ether oxygens (including phenoxy) is 1. The average molecular weight is 327 g/mol. The molecule has 1 aromatic carbocycles. The van der Waals surface area contributed by atoms with E-state index in [9.17, 15) is 9.90 Å². The van der Waals surface area contributed by atoms with Gasteiger partial charge in [0.05, 0.1) is 19.2 Å². The van der Waals surface area contributed by atoms with Crippen LogP contribution in [0.15, 0.2) is 24.3 Å². The summed E-state index contributed by atoms with van der Waals surface area (Å²) in [4.78, 5) is 13.9. The van der Waals surface area contributed by atoms with E-state index in [-0.39, 0.29) is 17.9 Å². The zero-order chi connectivity index (χ0) is 15.9. The number of hydrogen-bond donors (Lipinski definition) is 2. The molecule has 1 amide bonds. The number of likely N-dealkylation sites (tertiary alicyclic amines) is 1. The summed E-state index contributed by atoms with van der Waals surface area (Å²) in [7, 11) is 0. The van der Waals surface area contributed by atoms with Crippen molar-refractivity contribution in [2.24, 2.45) is 5.92 Å². The molecule has 6 heteroatoms. The van der Waals surface area contributed by atoms with Gasteiger partial charge in [0.2, 0.25) is 5.91 Å². The number of aliphatic hydroxyl groups excluding tert-OH is 1. The Hall–Kier alpha value is -1.30. The molecule has 122 valence electrons. The fourth-order valence-electron chi connectivity index (χ4n) is 2.58. The van der Waals surface area contributed by atoms with Crippen LogP contribution in [-0.2, 0) is 4.79 Å². The zero-order valence-corrected chi connectivity index (χ0v) is 13.6. The molecule has 5 nitrogen and oxygen atoms in total. The van der Waals surface area contributed by atoms with Crippen molar-refractivity contribution in [3.8, 4) is 5.75 Å². The van der Waals surface area contributed by atoms with Gasteiger partial charge in [-0.2, -0.15) is 0 Å². The number of amides is 1. The Morgan fingerprint density at radius 3 is 3.09 bits per heavy atom. The van der Waals surface area contributed by atoms with Crippen molar-refractivity contribution in [1.82, 2.24) is 10.2 Å². The molecule has 1 aliphatic heterocycles. The molecule has 0 aromatic heterocycles. The van der Waals surface area contributed by atoms with Crippen LogP contribution in [-0.4, -0.2) is 54.8 Å². The first kappa shape index (κ1) is 17.1. The SMILES string of the molecule is CC(O)C1CCN(CC(=O)NCCOc2cccc(Cl)c2)C1. The minimum absolute atomic E-state index is 0.0130. The lowest BCUT2D eigenvalue weighted by Crippen LogP contribution is -2.38. The monoisotopic (exact) mass is 326 g/mol. The van der Waals surface area contributed by atoms with Crippen molar-refractivity contribution >= 4 is 17.5 Å². The van der Waals surface area contributed by atoms with Crippen LogP contribution in [0.2, 0.25) is 5.02 Å². The highest BCUT2D eigenvalue weighted by Gasteiger charge is 2.26.